The van der Waals surface area contributed by atoms with Crippen LogP contribution in [-0.2, 0) is 12.0 Å². The molecule has 98 valence electrons. The molecule has 0 aromatic carbocycles. The van der Waals surface area contributed by atoms with E-state index < -0.39 is 0 Å². The van der Waals surface area contributed by atoms with Gasteiger partial charge >= 0.3 is 0 Å². The standard InChI is InChI=1S/C14H26N2O/c1-7-8-9-16-12(10(2)3)11(13(17)15-16)14(4,5)6/h10H,7-9H2,1-6H3,(H,15,17). The largest absolute Gasteiger partial charge is 0.492 e. The van der Waals surface area contributed by atoms with Gasteiger partial charge in [0.05, 0.1) is 0 Å². The molecule has 0 saturated heterocycles. The molecule has 0 aliphatic rings. The lowest BCUT2D eigenvalue weighted by Gasteiger charge is -2.21. The van der Waals surface area contributed by atoms with E-state index in [0.717, 1.165) is 24.9 Å². The Morgan fingerprint density at radius 3 is 2.29 bits per heavy atom. The second-order valence-corrected chi connectivity index (χ2v) is 6.07. The first-order chi connectivity index (χ1) is 7.79. The summed E-state index contributed by atoms with van der Waals surface area (Å²) in [5.41, 5.74) is 2.13. The quantitative estimate of drug-likeness (QED) is 0.866. The molecular formula is C14H26N2O. The topological polar surface area (TPSA) is 38.0 Å². The lowest BCUT2D eigenvalue weighted by atomic mass is 9.84. The van der Waals surface area contributed by atoms with Crippen LogP contribution >= 0.6 is 0 Å². The predicted octanol–water partition coefficient (Wildman–Crippen LogP) is 3.81. The van der Waals surface area contributed by atoms with E-state index >= 15 is 0 Å². The van der Waals surface area contributed by atoms with Gasteiger partial charge in [-0.2, -0.15) is 0 Å². The van der Waals surface area contributed by atoms with Crippen molar-refractivity contribution in [3.63, 3.8) is 0 Å². The molecule has 0 radical (unpaired) electrons. The molecule has 1 N–H and O–H groups in total. The fraction of sp³-hybridized carbons (Fsp3) is 0.786. The number of hydrogen-bond donors (Lipinski definition) is 1. The van der Waals surface area contributed by atoms with E-state index in [9.17, 15) is 5.11 Å². The van der Waals surface area contributed by atoms with Crippen LogP contribution in [0.15, 0.2) is 0 Å². The molecule has 0 bridgehead atoms. The third-order valence-electron chi connectivity index (χ3n) is 2.99. The van der Waals surface area contributed by atoms with Crippen molar-refractivity contribution in [3.05, 3.63) is 11.3 Å². The van der Waals surface area contributed by atoms with Crippen LogP contribution in [0.5, 0.6) is 5.88 Å². The minimum absolute atomic E-state index is 0.0614. The van der Waals surface area contributed by atoms with Crippen molar-refractivity contribution < 1.29 is 5.11 Å². The average Bonchev–Trinajstić information content (AvgIpc) is 2.51. The Kier molecular flexibility index (Phi) is 4.23. The van der Waals surface area contributed by atoms with Gasteiger partial charge in [-0.25, -0.2) is 0 Å². The van der Waals surface area contributed by atoms with Gasteiger partial charge < -0.3 is 5.11 Å². The normalized spacial score (nSPS) is 12.4. The Hall–Kier alpha value is -0.990. The zero-order valence-corrected chi connectivity index (χ0v) is 12.0. The molecule has 17 heavy (non-hydrogen) atoms. The summed E-state index contributed by atoms with van der Waals surface area (Å²) in [5.74, 6) is 0.590. The lowest BCUT2D eigenvalue weighted by molar-refractivity contribution is 0.419. The molecule has 1 rings (SSSR count). The molecule has 0 spiro atoms. The summed E-state index contributed by atoms with van der Waals surface area (Å²) in [4.78, 5) is 0. The van der Waals surface area contributed by atoms with Crippen molar-refractivity contribution in [3.8, 4) is 5.88 Å². The van der Waals surface area contributed by atoms with Crippen LogP contribution in [0.4, 0.5) is 0 Å². The smallest absolute Gasteiger partial charge is 0.234 e. The second-order valence-electron chi connectivity index (χ2n) is 6.07. The summed E-state index contributed by atoms with van der Waals surface area (Å²) in [6, 6.07) is 0. The number of rotatable bonds is 4. The summed E-state index contributed by atoms with van der Waals surface area (Å²) in [7, 11) is 0. The molecule has 0 fully saturated rings. The molecule has 1 heterocycles. The fourth-order valence-corrected chi connectivity index (χ4v) is 2.25. The molecule has 0 saturated carbocycles. The van der Waals surface area contributed by atoms with Gasteiger partial charge in [-0.05, 0) is 17.8 Å². The predicted molar refractivity (Wildman–Crippen MR) is 71.6 cm³/mol. The van der Waals surface area contributed by atoms with Gasteiger partial charge in [-0.3, -0.25) is 4.68 Å². The van der Waals surface area contributed by atoms with Gasteiger partial charge in [-0.1, -0.05) is 48.0 Å². The molecule has 3 nitrogen and oxygen atoms in total. The summed E-state index contributed by atoms with van der Waals surface area (Å²) in [6.07, 6.45) is 2.24. The van der Waals surface area contributed by atoms with Crippen LogP contribution in [0, 0.1) is 0 Å². The maximum absolute atomic E-state index is 10.1. The van der Waals surface area contributed by atoms with E-state index in [1.807, 2.05) is 4.68 Å². The molecule has 3 heteroatoms. The SMILES string of the molecule is CCCCn1nc(O)c(C(C)(C)C)c1C(C)C. The molecule has 0 amide bonds. The maximum atomic E-state index is 10.1. The fourth-order valence-electron chi connectivity index (χ4n) is 2.25. The maximum Gasteiger partial charge on any atom is 0.234 e. The average molecular weight is 238 g/mol. The number of unbranched alkanes of at least 4 members (excludes halogenated alkanes) is 1. The molecular weight excluding hydrogens is 212 g/mol. The van der Waals surface area contributed by atoms with Gasteiger partial charge in [0.25, 0.3) is 0 Å². The molecule has 1 aromatic heterocycles. The van der Waals surface area contributed by atoms with Crippen molar-refractivity contribution in [1.29, 1.82) is 0 Å². The van der Waals surface area contributed by atoms with E-state index in [1.54, 1.807) is 0 Å². The van der Waals surface area contributed by atoms with E-state index in [-0.39, 0.29) is 11.3 Å². The van der Waals surface area contributed by atoms with Crippen molar-refractivity contribution in [2.45, 2.75) is 72.3 Å². The minimum atomic E-state index is -0.0614. The number of nitrogens with zero attached hydrogens (tertiary/aromatic N) is 2. The third-order valence-corrected chi connectivity index (χ3v) is 2.99. The first-order valence-electron chi connectivity index (χ1n) is 6.59. The van der Waals surface area contributed by atoms with E-state index in [2.05, 4.69) is 46.6 Å². The monoisotopic (exact) mass is 238 g/mol. The summed E-state index contributed by atoms with van der Waals surface area (Å²) in [5, 5.41) is 14.4. The van der Waals surface area contributed by atoms with Crippen molar-refractivity contribution in [1.82, 2.24) is 9.78 Å². The summed E-state index contributed by atoms with van der Waals surface area (Å²) < 4.78 is 1.99. The molecule has 0 unspecified atom stereocenters. The second kappa shape index (κ2) is 5.11. The van der Waals surface area contributed by atoms with Gasteiger partial charge in [0.2, 0.25) is 5.88 Å². The van der Waals surface area contributed by atoms with Crippen LogP contribution in [-0.4, -0.2) is 14.9 Å². The summed E-state index contributed by atoms with van der Waals surface area (Å²) >= 11 is 0. The van der Waals surface area contributed by atoms with Crippen molar-refractivity contribution in [2.75, 3.05) is 0 Å². The first kappa shape index (κ1) is 14.1. The van der Waals surface area contributed by atoms with Crippen LogP contribution in [0.3, 0.4) is 0 Å². The third kappa shape index (κ3) is 3.02. The molecule has 0 atom stereocenters. The van der Waals surface area contributed by atoms with Crippen LogP contribution in [0.1, 0.15) is 71.6 Å². The highest BCUT2D eigenvalue weighted by Gasteiger charge is 2.28. The van der Waals surface area contributed by atoms with Gasteiger partial charge in [-0.15, -0.1) is 5.10 Å². The van der Waals surface area contributed by atoms with Crippen molar-refractivity contribution >= 4 is 0 Å². The highest BCUT2D eigenvalue weighted by molar-refractivity contribution is 5.38. The van der Waals surface area contributed by atoms with E-state index in [4.69, 9.17) is 0 Å². The molecule has 1 aromatic rings. The van der Waals surface area contributed by atoms with Crippen LogP contribution in [0.25, 0.3) is 0 Å². The Balaban J connectivity index is 3.25. The number of aromatic nitrogens is 2. The summed E-state index contributed by atoms with van der Waals surface area (Å²) in [6.45, 7) is 13.8. The van der Waals surface area contributed by atoms with Crippen molar-refractivity contribution in [2.24, 2.45) is 0 Å². The van der Waals surface area contributed by atoms with Gasteiger partial charge in [0.15, 0.2) is 0 Å². The number of hydrogen-bond acceptors (Lipinski definition) is 2. The molecule has 0 aliphatic heterocycles. The Labute approximate surface area is 105 Å². The Morgan fingerprint density at radius 1 is 1.29 bits per heavy atom. The molecule has 0 aliphatic carbocycles. The Morgan fingerprint density at radius 2 is 1.88 bits per heavy atom. The highest BCUT2D eigenvalue weighted by Crippen LogP contribution is 2.36. The highest BCUT2D eigenvalue weighted by atomic mass is 16.3. The lowest BCUT2D eigenvalue weighted by Crippen LogP contribution is -2.16. The Bertz CT molecular complexity index is 372. The number of aryl methyl sites for hydroxylation is 1. The van der Waals surface area contributed by atoms with Crippen LogP contribution < -0.4 is 0 Å². The zero-order valence-electron chi connectivity index (χ0n) is 12.0. The van der Waals surface area contributed by atoms with Gasteiger partial charge in [0.1, 0.15) is 0 Å². The minimum Gasteiger partial charge on any atom is -0.492 e. The zero-order chi connectivity index (χ0) is 13.2. The first-order valence-corrected chi connectivity index (χ1v) is 6.59. The van der Waals surface area contributed by atoms with E-state index in [1.165, 1.54) is 5.69 Å². The number of aromatic hydroxyl groups is 1. The van der Waals surface area contributed by atoms with Gasteiger partial charge in [0, 0.05) is 17.8 Å². The van der Waals surface area contributed by atoms with Crippen LogP contribution in [0.2, 0.25) is 0 Å². The van der Waals surface area contributed by atoms with E-state index in [0.29, 0.717) is 5.92 Å².